The molecule has 3 aromatic rings. The van der Waals surface area contributed by atoms with Gasteiger partial charge in [0.2, 0.25) is 0 Å². The molecule has 29 heavy (non-hydrogen) atoms. The molecule has 1 N–H and O–H groups in total. The highest BCUT2D eigenvalue weighted by Crippen LogP contribution is 2.73. The summed E-state index contributed by atoms with van der Waals surface area (Å²) in [4.78, 5) is 13.8. The summed E-state index contributed by atoms with van der Waals surface area (Å²) in [7, 11) is 1.82. The van der Waals surface area contributed by atoms with Gasteiger partial charge in [0.1, 0.15) is 22.1 Å². The van der Waals surface area contributed by atoms with Crippen molar-refractivity contribution in [3.05, 3.63) is 72.8 Å². The number of carboxylic acid groups (broad SMARTS) is 1. The summed E-state index contributed by atoms with van der Waals surface area (Å²) in [5.74, 6) is 1.34. The van der Waals surface area contributed by atoms with Gasteiger partial charge in [-0.1, -0.05) is 36.4 Å². The van der Waals surface area contributed by atoms with Gasteiger partial charge in [-0.25, -0.2) is 4.79 Å². The molecule has 3 aromatic carbocycles. The molecule has 0 heterocycles. The lowest BCUT2D eigenvalue weighted by molar-refractivity contribution is 0.150. The Balaban J connectivity index is 2.48. The van der Waals surface area contributed by atoms with Crippen molar-refractivity contribution in [3.8, 4) is 17.2 Å². The maximum atomic E-state index is 11.9. The van der Waals surface area contributed by atoms with Crippen LogP contribution in [-0.4, -0.2) is 32.6 Å². The molecule has 0 fully saturated rings. The third-order valence-electron chi connectivity index (χ3n) is 4.30. The van der Waals surface area contributed by atoms with Crippen molar-refractivity contribution in [1.82, 2.24) is 0 Å². The van der Waals surface area contributed by atoms with Crippen LogP contribution < -0.4 is 14.2 Å². The summed E-state index contributed by atoms with van der Waals surface area (Å²) in [6.07, 6.45) is -1.40. The van der Waals surface area contributed by atoms with E-state index >= 15 is 0 Å². The van der Waals surface area contributed by atoms with Crippen LogP contribution in [0.15, 0.2) is 87.5 Å². The Morgan fingerprint density at radius 2 is 1.21 bits per heavy atom. The fourth-order valence-corrected chi connectivity index (χ4v) is 6.26. The Labute approximate surface area is 171 Å². The van der Waals surface area contributed by atoms with Crippen LogP contribution in [-0.2, 0) is 4.18 Å². The number of methoxy groups -OCH3 is 3. The molecule has 3 rings (SSSR count). The zero-order valence-electron chi connectivity index (χ0n) is 16.3. The van der Waals surface area contributed by atoms with Gasteiger partial charge in [0.05, 0.1) is 21.3 Å². The first-order chi connectivity index (χ1) is 14.1. The summed E-state index contributed by atoms with van der Waals surface area (Å²) < 4.78 is 22.4. The van der Waals surface area contributed by atoms with Crippen LogP contribution in [0.1, 0.15) is 0 Å². The molecule has 152 valence electrons. The van der Waals surface area contributed by atoms with E-state index in [0.717, 1.165) is 0 Å². The molecule has 0 atom stereocenters. The standard InChI is InChI=1S/C22H22O6S/c1-25-16-14-19(26-2)21(20(15-16)27-3)29(28-22(23)24,17-10-6-4-7-11-17)18-12-8-5-9-13-18/h4-15H,1-3H3,(H,23,24). The van der Waals surface area contributed by atoms with Crippen molar-refractivity contribution in [1.29, 1.82) is 0 Å². The van der Waals surface area contributed by atoms with Crippen molar-refractivity contribution >= 4 is 16.5 Å². The maximum absolute atomic E-state index is 11.9. The van der Waals surface area contributed by atoms with E-state index in [1.165, 1.54) is 21.3 Å². The van der Waals surface area contributed by atoms with Gasteiger partial charge < -0.3 is 23.5 Å². The molecule has 0 amide bonds. The second kappa shape index (κ2) is 8.79. The number of rotatable bonds is 7. The van der Waals surface area contributed by atoms with Crippen LogP contribution in [0.5, 0.6) is 17.2 Å². The summed E-state index contributed by atoms with van der Waals surface area (Å²) in [5.41, 5.74) is 0. The zero-order chi connectivity index (χ0) is 20.9. The Morgan fingerprint density at radius 1 is 0.759 bits per heavy atom. The number of hydrogen-bond acceptors (Lipinski definition) is 5. The highest BCUT2D eigenvalue weighted by atomic mass is 32.3. The highest BCUT2D eigenvalue weighted by Gasteiger charge is 2.41. The van der Waals surface area contributed by atoms with Crippen LogP contribution >= 0.6 is 10.3 Å². The van der Waals surface area contributed by atoms with Gasteiger partial charge in [0.15, 0.2) is 0 Å². The van der Waals surface area contributed by atoms with Crippen LogP contribution in [0.3, 0.4) is 0 Å². The van der Waals surface area contributed by atoms with Gasteiger partial charge in [-0.2, -0.15) is 0 Å². The summed E-state index contributed by atoms with van der Waals surface area (Å²) in [6, 6.07) is 21.8. The minimum Gasteiger partial charge on any atom is -0.496 e. The fourth-order valence-electron chi connectivity index (χ4n) is 3.10. The van der Waals surface area contributed by atoms with E-state index in [1.54, 1.807) is 12.1 Å². The van der Waals surface area contributed by atoms with Crippen molar-refractivity contribution in [2.45, 2.75) is 14.7 Å². The van der Waals surface area contributed by atoms with E-state index in [4.69, 9.17) is 18.4 Å². The lowest BCUT2D eigenvalue weighted by atomic mass is 10.3. The Morgan fingerprint density at radius 3 is 1.55 bits per heavy atom. The highest BCUT2D eigenvalue weighted by molar-refractivity contribution is 8.30. The van der Waals surface area contributed by atoms with E-state index in [-0.39, 0.29) is 0 Å². The second-order valence-corrected chi connectivity index (χ2v) is 8.52. The molecule has 0 bridgehead atoms. The lowest BCUT2D eigenvalue weighted by Crippen LogP contribution is -2.14. The molecule has 0 saturated heterocycles. The average Bonchev–Trinajstić information content (AvgIpc) is 2.77. The minimum atomic E-state index is -2.75. The predicted octanol–water partition coefficient (Wildman–Crippen LogP) is 5.60. The molecule has 0 aromatic heterocycles. The molecule has 0 aliphatic heterocycles. The van der Waals surface area contributed by atoms with Crippen molar-refractivity contribution in [2.75, 3.05) is 21.3 Å². The van der Waals surface area contributed by atoms with E-state index < -0.39 is 16.5 Å². The zero-order valence-corrected chi connectivity index (χ0v) is 17.1. The molecule has 0 aliphatic rings. The Bertz CT molecular complexity index is 911. The minimum absolute atomic E-state index is 0.408. The molecular weight excluding hydrogens is 392 g/mol. The molecule has 0 aliphatic carbocycles. The van der Waals surface area contributed by atoms with Crippen LogP contribution in [0.4, 0.5) is 4.79 Å². The maximum Gasteiger partial charge on any atom is 0.517 e. The third kappa shape index (κ3) is 3.82. The number of carbonyl (C=O) groups is 1. The Hall–Kier alpha value is -3.32. The van der Waals surface area contributed by atoms with Crippen LogP contribution in [0.25, 0.3) is 0 Å². The van der Waals surface area contributed by atoms with Crippen molar-refractivity contribution in [3.63, 3.8) is 0 Å². The quantitative estimate of drug-likeness (QED) is 0.542. The molecule has 0 saturated carbocycles. The van der Waals surface area contributed by atoms with E-state index in [9.17, 15) is 9.90 Å². The molecule has 6 nitrogen and oxygen atoms in total. The monoisotopic (exact) mass is 414 g/mol. The Kier molecular flexibility index (Phi) is 6.19. The SMILES string of the molecule is COc1cc(OC)c(S(OC(=O)O)(c2ccccc2)c2ccccc2)c(OC)c1. The van der Waals surface area contributed by atoms with E-state index in [2.05, 4.69) is 0 Å². The summed E-state index contributed by atoms with van der Waals surface area (Å²) >= 11 is 0. The first-order valence-electron chi connectivity index (χ1n) is 8.72. The lowest BCUT2D eigenvalue weighted by Gasteiger charge is -2.39. The number of ether oxygens (including phenoxy) is 3. The first kappa shape index (κ1) is 20.4. The molecule has 0 radical (unpaired) electrons. The average molecular weight is 414 g/mol. The number of benzene rings is 3. The second-order valence-electron chi connectivity index (χ2n) is 5.89. The molecule has 0 spiro atoms. The largest absolute Gasteiger partial charge is 0.517 e. The topological polar surface area (TPSA) is 74.2 Å². The summed E-state index contributed by atoms with van der Waals surface area (Å²) in [6.45, 7) is 0. The van der Waals surface area contributed by atoms with Gasteiger partial charge in [0.25, 0.3) is 0 Å². The van der Waals surface area contributed by atoms with Crippen molar-refractivity contribution < 1.29 is 28.3 Å². The smallest absolute Gasteiger partial charge is 0.496 e. The first-order valence-corrected chi connectivity index (χ1v) is 10.3. The predicted molar refractivity (Wildman–Crippen MR) is 110 cm³/mol. The molecular formula is C22H22O6S. The van der Waals surface area contributed by atoms with E-state index in [0.29, 0.717) is 31.9 Å². The van der Waals surface area contributed by atoms with Crippen molar-refractivity contribution in [2.24, 2.45) is 0 Å². The van der Waals surface area contributed by atoms with Gasteiger partial charge >= 0.3 is 6.16 Å². The van der Waals surface area contributed by atoms with Gasteiger partial charge in [0, 0.05) is 32.2 Å². The van der Waals surface area contributed by atoms with Gasteiger partial charge in [-0.3, -0.25) is 0 Å². The third-order valence-corrected chi connectivity index (χ3v) is 7.55. The van der Waals surface area contributed by atoms with Gasteiger partial charge in [-0.05, 0) is 24.3 Å². The molecule has 7 heteroatoms. The summed E-state index contributed by atoms with van der Waals surface area (Å²) in [5, 5.41) is 9.75. The van der Waals surface area contributed by atoms with E-state index in [1.807, 2.05) is 60.7 Å². The normalized spacial score (nSPS) is 11.4. The van der Waals surface area contributed by atoms with Crippen LogP contribution in [0.2, 0.25) is 0 Å². The fraction of sp³-hybridized carbons (Fsp3) is 0.136. The van der Waals surface area contributed by atoms with Crippen LogP contribution in [0, 0.1) is 0 Å². The van der Waals surface area contributed by atoms with Gasteiger partial charge in [-0.15, -0.1) is 0 Å². The number of hydrogen-bond donors (Lipinski definition) is 1. The molecule has 0 unspecified atom stereocenters.